The van der Waals surface area contributed by atoms with Crippen molar-refractivity contribution in [2.45, 2.75) is 13.8 Å². The van der Waals surface area contributed by atoms with Crippen molar-refractivity contribution in [1.29, 1.82) is 0 Å². The molecular formula is C11H13N5O. The van der Waals surface area contributed by atoms with Crippen molar-refractivity contribution in [3.8, 4) is 5.69 Å². The van der Waals surface area contributed by atoms with Gasteiger partial charge in [0.15, 0.2) is 5.84 Å². The minimum atomic E-state index is 0.0862. The van der Waals surface area contributed by atoms with Crippen LogP contribution in [-0.4, -0.2) is 25.8 Å². The van der Waals surface area contributed by atoms with Gasteiger partial charge in [0.05, 0.1) is 5.69 Å². The van der Waals surface area contributed by atoms with Crippen molar-refractivity contribution in [1.82, 2.24) is 14.8 Å². The lowest BCUT2D eigenvalue weighted by atomic mass is 10.2. The molecule has 0 aliphatic rings. The Morgan fingerprint density at radius 1 is 1.29 bits per heavy atom. The van der Waals surface area contributed by atoms with Crippen LogP contribution >= 0.6 is 0 Å². The van der Waals surface area contributed by atoms with E-state index in [2.05, 4.69) is 15.2 Å². The zero-order valence-corrected chi connectivity index (χ0v) is 9.62. The van der Waals surface area contributed by atoms with E-state index in [4.69, 9.17) is 10.9 Å². The Morgan fingerprint density at radius 2 is 1.94 bits per heavy atom. The van der Waals surface area contributed by atoms with Crippen molar-refractivity contribution in [2.24, 2.45) is 10.9 Å². The van der Waals surface area contributed by atoms with E-state index in [0.29, 0.717) is 5.56 Å². The number of hydrogen-bond acceptors (Lipinski definition) is 4. The van der Waals surface area contributed by atoms with Crippen LogP contribution < -0.4 is 5.73 Å². The molecule has 1 heterocycles. The maximum atomic E-state index is 8.56. The molecule has 0 aliphatic carbocycles. The smallest absolute Gasteiger partial charge is 0.170 e. The number of amidine groups is 1. The number of nitrogens with two attached hydrogens (primary N) is 1. The molecule has 0 bridgehead atoms. The summed E-state index contributed by atoms with van der Waals surface area (Å²) in [6.45, 7) is 3.73. The van der Waals surface area contributed by atoms with Crippen LogP contribution in [0.15, 0.2) is 29.4 Å². The summed E-state index contributed by atoms with van der Waals surface area (Å²) >= 11 is 0. The number of benzene rings is 1. The van der Waals surface area contributed by atoms with E-state index in [1.54, 1.807) is 16.8 Å². The third kappa shape index (κ3) is 2.10. The topological polar surface area (TPSA) is 89.3 Å². The number of nitrogens with zero attached hydrogens (tertiary/aromatic N) is 4. The van der Waals surface area contributed by atoms with Gasteiger partial charge >= 0.3 is 0 Å². The van der Waals surface area contributed by atoms with E-state index in [9.17, 15) is 0 Å². The van der Waals surface area contributed by atoms with Crippen LogP contribution in [0.4, 0.5) is 0 Å². The van der Waals surface area contributed by atoms with Crippen molar-refractivity contribution in [3.63, 3.8) is 0 Å². The van der Waals surface area contributed by atoms with Gasteiger partial charge in [0, 0.05) is 5.56 Å². The lowest BCUT2D eigenvalue weighted by Gasteiger charge is -2.04. The summed E-state index contributed by atoms with van der Waals surface area (Å²) in [5.74, 6) is 1.63. The second-order valence-corrected chi connectivity index (χ2v) is 3.65. The first-order valence-corrected chi connectivity index (χ1v) is 5.10. The first kappa shape index (κ1) is 11.1. The van der Waals surface area contributed by atoms with Gasteiger partial charge in [0.1, 0.15) is 11.6 Å². The van der Waals surface area contributed by atoms with Crippen LogP contribution in [-0.2, 0) is 0 Å². The molecule has 0 amide bonds. The first-order chi connectivity index (χ1) is 8.11. The predicted molar refractivity (Wildman–Crippen MR) is 63.3 cm³/mol. The maximum Gasteiger partial charge on any atom is 0.170 e. The van der Waals surface area contributed by atoms with Crippen LogP contribution in [0.5, 0.6) is 0 Å². The van der Waals surface area contributed by atoms with Gasteiger partial charge in [-0.05, 0) is 38.1 Å². The van der Waals surface area contributed by atoms with E-state index < -0.39 is 0 Å². The van der Waals surface area contributed by atoms with Gasteiger partial charge in [-0.2, -0.15) is 5.10 Å². The summed E-state index contributed by atoms with van der Waals surface area (Å²) in [6, 6.07) is 7.21. The van der Waals surface area contributed by atoms with Crippen LogP contribution in [0.1, 0.15) is 17.2 Å². The molecule has 2 rings (SSSR count). The quantitative estimate of drug-likeness (QED) is 0.349. The molecule has 0 atom stereocenters. The number of hydrogen-bond donors (Lipinski definition) is 2. The molecule has 0 saturated carbocycles. The summed E-state index contributed by atoms with van der Waals surface area (Å²) in [7, 11) is 0. The SMILES string of the molecule is Cc1nc(C)n(-c2ccc(C(N)=NO)cc2)n1. The predicted octanol–water partition coefficient (Wildman–Crippen LogP) is 0.979. The third-order valence-electron chi connectivity index (χ3n) is 2.39. The average Bonchev–Trinajstić information content (AvgIpc) is 2.68. The highest BCUT2D eigenvalue weighted by molar-refractivity contribution is 5.97. The van der Waals surface area contributed by atoms with Crippen molar-refractivity contribution in [3.05, 3.63) is 41.5 Å². The summed E-state index contributed by atoms with van der Waals surface area (Å²) in [5, 5.41) is 15.8. The third-order valence-corrected chi connectivity index (χ3v) is 2.39. The standard InChI is InChI=1S/C11H13N5O/c1-7-13-8(2)16(14-7)10-5-3-9(4-6-10)11(12)15-17/h3-6,17H,1-2H3,(H2,12,15). The molecule has 2 aromatic rings. The Balaban J connectivity index is 2.39. The van der Waals surface area contributed by atoms with Gasteiger partial charge in [-0.1, -0.05) is 5.16 Å². The fraction of sp³-hybridized carbons (Fsp3) is 0.182. The molecule has 17 heavy (non-hydrogen) atoms. The Bertz CT molecular complexity index is 556. The molecule has 88 valence electrons. The lowest BCUT2D eigenvalue weighted by molar-refractivity contribution is 0.318. The zero-order chi connectivity index (χ0) is 12.4. The van der Waals surface area contributed by atoms with E-state index in [0.717, 1.165) is 17.3 Å². The molecular weight excluding hydrogens is 218 g/mol. The number of rotatable bonds is 2. The number of aryl methyl sites for hydroxylation is 2. The summed E-state index contributed by atoms with van der Waals surface area (Å²) in [6.07, 6.45) is 0. The molecule has 1 aromatic carbocycles. The van der Waals surface area contributed by atoms with E-state index >= 15 is 0 Å². The van der Waals surface area contributed by atoms with Gasteiger partial charge in [0.2, 0.25) is 0 Å². The molecule has 6 heteroatoms. The minimum absolute atomic E-state index is 0.0862. The minimum Gasteiger partial charge on any atom is -0.409 e. The zero-order valence-electron chi connectivity index (χ0n) is 9.62. The second-order valence-electron chi connectivity index (χ2n) is 3.65. The van der Waals surface area contributed by atoms with Gasteiger partial charge in [-0.3, -0.25) is 0 Å². The Hall–Kier alpha value is -2.37. The first-order valence-electron chi connectivity index (χ1n) is 5.10. The number of oxime groups is 1. The summed E-state index contributed by atoms with van der Waals surface area (Å²) in [4.78, 5) is 4.22. The molecule has 0 radical (unpaired) electrons. The van der Waals surface area contributed by atoms with E-state index in [1.807, 2.05) is 26.0 Å². The van der Waals surface area contributed by atoms with Crippen LogP contribution in [0.25, 0.3) is 5.69 Å². The highest BCUT2D eigenvalue weighted by Crippen LogP contribution is 2.10. The van der Waals surface area contributed by atoms with Gasteiger partial charge in [-0.25, -0.2) is 9.67 Å². The molecule has 6 nitrogen and oxygen atoms in total. The van der Waals surface area contributed by atoms with Gasteiger partial charge < -0.3 is 10.9 Å². The normalized spacial score (nSPS) is 11.8. The molecule has 3 N–H and O–H groups in total. The second kappa shape index (κ2) is 4.25. The van der Waals surface area contributed by atoms with E-state index in [1.165, 1.54) is 0 Å². The number of aromatic nitrogens is 3. The summed E-state index contributed by atoms with van der Waals surface area (Å²) in [5.41, 5.74) is 7.03. The maximum absolute atomic E-state index is 8.56. The average molecular weight is 231 g/mol. The monoisotopic (exact) mass is 231 g/mol. The highest BCUT2D eigenvalue weighted by atomic mass is 16.4. The highest BCUT2D eigenvalue weighted by Gasteiger charge is 2.05. The fourth-order valence-electron chi connectivity index (χ4n) is 1.60. The largest absolute Gasteiger partial charge is 0.409 e. The lowest BCUT2D eigenvalue weighted by Crippen LogP contribution is -2.13. The van der Waals surface area contributed by atoms with Crippen LogP contribution in [0.3, 0.4) is 0 Å². The molecule has 0 aliphatic heterocycles. The van der Waals surface area contributed by atoms with Crippen LogP contribution in [0.2, 0.25) is 0 Å². The molecule has 1 aromatic heterocycles. The molecule has 0 saturated heterocycles. The van der Waals surface area contributed by atoms with E-state index in [-0.39, 0.29) is 5.84 Å². The van der Waals surface area contributed by atoms with Crippen molar-refractivity contribution < 1.29 is 5.21 Å². The molecule has 0 unspecified atom stereocenters. The van der Waals surface area contributed by atoms with Gasteiger partial charge in [-0.15, -0.1) is 0 Å². The van der Waals surface area contributed by atoms with Crippen molar-refractivity contribution >= 4 is 5.84 Å². The Morgan fingerprint density at radius 3 is 2.41 bits per heavy atom. The summed E-state index contributed by atoms with van der Waals surface area (Å²) < 4.78 is 1.74. The van der Waals surface area contributed by atoms with Gasteiger partial charge in [0.25, 0.3) is 0 Å². The molecule has 0 fully saturated rings. The fourth-order valence-corrected chi connectivity index (χ4v) is 1.60. The van der Waals surface area contributed by atoms with Crippen LogP contribution in [0, 0.1) is 13.8 Å². The Labute approximate surface area is 98.4 Å². The Kier molecular flexibility index (Phi) is 2.78. The molecule has 0 spiro atoms. The van der Waals surface area contributed by atoms with Crippen molar-refractivity contribution in [2.75, 3.05) is 0 Å².